The van der Waals surface area contributed by atoms with Crippen LogP contribution in [0.25, 0.3) is 0 Å². The Morgan fingerprint density at radius 3 is 2.17 bits per heavy atom. The smallest absolute Gasteiger partial charge is 0.392 e. The second-order valence-corrected chi connectivity index (χ2v) is 6.43. The third-order valence-electron chi connectivity index (χ3n) is 1.60. The van der Waals surface area contributed by atoms with Crippen LogP contribution in [0.1, 0.15) is 0 Å². The maximum atomic E-state index is 5.67. The summed E-state index contributed by atoms with van der Waals surface area (Å²) in [4.78, 5) is 0. The molecular formula is C9H14O2Si. The van der Waals surface area contributed by atoms with Crippen molar-refractivity contribution in [1.29, 1.82) is 0 Å². The minimum absolute atomic E-state index is 0.885. The molecule has 66 valence electrons. The standard InChI is InChI=1S/C9H14O2Si/c1-10-12(2,3)11-9-7-5-4-6-8-9/h4-8H,1-3H3. The summed E-state index contributed by atoms with van der Waals surface area (Å²) in [6.45, 7) is 4.03. The van der Waals surface area contributed by atoms with E-state index in [1.54, 1.807) is 7.11 Å². The SMILES string of the molecule is CO[Si](C)(C)Oc1ccccc1. The summed E-state index contributed by atoms with van der Waals surface area (Å²) >= 11 is 0. The fourth-order valence-corrected chi connectivity index (χ4v) is 1.60. The summed E-state index contributed by atoms with van der Waals surface area (Å²) in [6, 6.07) is 9.75. The first-order valence-electron chi connectivity index (χ1n) is 3.93. The third kappa shape index (κ3) is 2.68. The van der Waals surface area contributed by atoms with E-state index in [-0.39, 0.29) is 0 Å². The van der Waals surface area contributed by atoms with Gasteiger partial charge in [0, 0.05) is 7.11 Å². The number of para-hydroxylation sites is 1. The summed E-state index contributed by atoms with van der Waals surface area (Å²) in [5, 5.41) is 0. The zero-order chi connectivity index (χ0) is 9.03. The zero-order valence-electron chi connectivity index (χ0n) is 7.70. The lowest BCUT2D eigenvalue weighted by molar-refractivity contribution is 0.314. The highest BCUT2D eigenvalue weighted by Gasteiger charge is 2.24. The Balaban J connectivity index is 2.64. The molecule has 0 spiro atoms. The second kappa shape index (κ2) is 3.73. The lowest BCUT2D eigenvalue weighted by Crippen LogP contribution is -2.36. The fraction of sp³-hybridized carbons (Fsp3) is 0.333. The first-order valence-corrected chi connectivity index (χ1v) is 6.75. The average molecular weight is 182 g/mol. The van der Waals surface area contributed by atoms with Crippen LogP contribution in [0.2, 0.25) is 13.1 Å². The molecule has 2 nitrogen and oxygen atoms in total. The van der Waals surface area contributed by atoms with E-state index in [1.165, 1.54) is 0 Å². The zero-order valence-corrected chi connectivity index (χ0v) is 8.70. The monoisotopic (exact) mass is 182 g/mol. The Hall–Kier alpha value is -0.803. The van der Waals surface area contributed by atoms with Gasteiger partial charge in [-0.25, -0.2) is 0 Å². The molecule has 0 aliphatic heterocycles. The van der Waals surface area contributed by atoms with Gasteiger partial charge in [0.25, 0.3) is 0 Å². The number of rotatable bonds is 3. The minimum atomic E-state index is -1.92. The van der Waals surface area contributed by atoms with Gasteiger partial charge < -0.3 is 8.85 Å². The van der Waals surface area contributed by atoms with Crippen molar-refractivity contribution in [3.05, 3.63) is 30.3 Å². The molecule has 1 aromatic rings. The minimum Gasteiger partial charge on any atom is -0.520 e. The molecule has 0 bridgehead atoms. The van der Waals surface area contributed by atoms with Gasteiger partial charge in [-0.3, -0.25) is 0 Å². The molecule has 1 aromatic carbocycles. The van der Waals surface area contributed by atoms with Gasteiger partial charge in [-0.05, 0) is 25.2 Å². The quantitative estimate of drug-likeness (QED) is 0.668. The van der Waals surface area contributed by atoms with Crippen molar-refractivity contribution in [3.8, 4) is 5.75 Å². The Labute approximate surface area is 74.4 Å². The van der Waals surface area contributed by atoms with Crippen LogP contribution in [0.5, 0.6) is 5.75 Å². The maximum absolute atomic E-state index is 5.67. The van der Waals surface area contributed by atoms with Crippen molar-refractivity contribution in [2.24, 2.45) is 0 Å². The van der Waals surface area contributed by atoms with Crippen molar-refractivity contribution in [3.63, 3.8) is 0 Å². The van der Waals surface area contributed by atoms with E-state index in [0.717, 1.165) is 5.75 Å². The van der Waals surface area contributed by atoms with E-state index < -0.39 is 8.56 Å². The van der Waals surface area contributed by atoms with Crippen LogP contribution in [0.4, 0.5) is 0 Å². The highest BCUT2D eigenvalue weighted by molar-refractivity contribution is 6.65. The van der Waals surface area contributed by atoms with Crippen LogP contribution in [0.15, 0.2) is 30.3 Å². The Kier molecular flexibility index (Phi) is 2.89. The molecule has 0 fully saturated rings. The molecule has 0 heterocycles. The number of hydrogen-bond acceptors (Lipinski definition) is 2. The molecule has 3 heteroatoms. The van der Waals surface area contributed by atoms with Crippen LogP contribution in [-0.2, 0) is 4.43 Å². The summed E-state index contributed by atoms with van der Waals surface area (Å²) < 4.78 is 10.9. The third-order valence-corrected chi connectivity index (χ3v) is 3.31. The van der Waals surface area contributed by atoms with Crippen LogP contribution in [0, 0.1) is 0 Å². The van der Waals surface area contributed by atoms with Crippen molar-refractivity contribution in [2.75, 3.05) is 7.11 Å². The van der Waals surface area contributed by atoms with Crippen LogP contribution in [-0.4, -0.2) is 15.7 Å². The van der Waals surface area contributed by atoms with Crippen LogP contribution < -0.4 is 4.43 Å². The molecule has 0 atom stereocenters. The highest BCUT2D eigenvalue weighted by Crippen LogP contribution is 2.14. The normalized spacial score (nSPS) is 11.2. The molecule has 0 aromatic heterocycles. The van der Waals surface area contributed by atoms with Crippen LogP contribution >= 0.6 is 0 Å². The maximum Gasteiger partial charge on any atom is 0.392 e. The molecule has 0 saturated carbocycles. The van der Waals surface area contributed by atoms with E-state index in [4.69, 9.17) is 8.85 Å². The molecule has 1 rings (SSSR count). The van der Waals surface area contributed by atoms with E-state index >= 15 is 0 Å². The molecule has 0 radical (unpaired) electrons. The predicted octanol–water partition coefficient (Wildman–Crippen LogP) is 2.41. The molecule has 0 unspecified atom stereocenters. The van der Waals surface area contributed by atoms with Gasteiger partial charge in [0.1, 0.15) is 5.75 Å². The van der Waals surface area contributed by atoms with Gasteiger partial charge in [0.15, 0.2) is 0 Å². The Morgan fingerprint density at radius 2 is 1.67 bits per heavy atom. The van der Waals surface area contributed by atoms with Gasteiger partial charge in [-0.2, -0.15) is 0 Å². The molecule has 12 heavy (non-hydrogen) atoms. The molecule has 0 aliphatic rings. The van der Waals surface area contributed by atoms with E-state index in [9.17, 15) is 0 Å². The van der Waals surface area contributed by atoms with Gasteiger partial charge in [-0.15, -0.1) is 0 Å². The van der Waals surface area contributed by atoms with E-state index in [0.29, 0.717) is 0 Å². The van der Waals surface area contributed by atoms with Gasteiger partial charge in [-0.1, -0.05) is 18.2 Å². The first-order chi connectivity index (χ1) is 5.64. The van der Waals surface area contributed by atoms with Gasteiger partial charge >= 0.3 is 8.56 Å². The summed E-state index contributed by atoms with van der Waals surface area (Å²) in [6.07, 6.45) is 0. The van der Waals surface area contributed by atoms with Gasteiger partial charge in [0.05, 0.1) is 0 Å². The Bertz CT molecular complexity index is 234. The number of hydrogen-bond donors (Lipinski definition) is 0. The average Bonchev–Trinajstić information content (AvgIpc) is 2.06. The van der Waals surface area contributed by atoms with Crippen molar-refractivity contribution >= 4 is 8.56 Å². The van der Waals surface area contributed by atoms with E-state index in [1.807, 2.05) is 43.4 Å². The number of benzene rings is 1. The topological polar surface area (TPSA) is 18.5 Å². The molecule has 0 N–H and O–H groups in total. The predicted molar refractivity (Wildman–Crippen MR) is 51.6 cm³/mol. The van der Waals surface area contributed by atoms with Crippen molar-refractivity contribution < 1.29 is 8.85 Å². The van der Waals surface area contributed by atoms with E-state index in [2.05, 4.69) is 0 Å². The highest BCUT2D eigenvalue weighted by atomic mass is 28.4. The fourth-order valence-electron chi connectivity index (χ4n) is 0.814. The van der Waals surface area contributed by atoms with Crippen molar-refractivity contribution in [2.45, 2.75) is 13.1 Å². The largest absolute Gasteiger partial charge is 0.520 e. The lowest BCUT2D eigenvalue weighted by atomic mass is 10.3. The summed E-state index contributed by atoms with van der Waals surface area (Å²) in [5.41, 5.74) is 0. The molecule has 0 saturated heterocycles. The molecular weight excluding hydrogens is 168 g/mol. The van der Waals surface area contributed by atoms with Gasteiger partial charge in [0.2, 0.25) is 0 Å². The lowest BCUT2D eigenvalue weighted by Gasteiger charge is -2.21. The van der Waals surface area contributed by atoms with Crippen molar-refractivity contribution in [1.82, 2.24) is 0 Å². The molecule has 0 amide bonds. The second-order valence-electron chi connectivity index (χ2n) is 3.02. The summed E-state index contributed by atoms with van der Waals surface area (Å²) in [5.74, 6) is 0.885. The van der Waals surface area contributed by atoms with Crippen LogP contribution in [0.3, 0.4) is 0 Å². The molecule has 0 aliphatic carbocycles. The summed E-state index contributed by atoms with van der Waals surface area (Å²) in [7, 11) is -0.228. The Morgan fingerprint density at radius 1 is 1.08 bits per heavy atom. The first kappa shape index (κ1) is 9.29.